The summed E-state index contributed by atoms with van der Waals surface area (Å²) in [5.41, 5.74) is -0.716. The van der Waals surface area contributed by atoms with Crippen molar-refractivity contribution in [3.63, 3.8) is 0 Å². The van der Waals surface area contributed by atoms with Gasteiger partial charge in [-0.05, 0) is 19.1 Å². The van der Waals surface area contributed by atoms with Crippen LogP contribution in [-0.4, -0.2) is 47.5 Å². The Kier molecular flexibility index (Phi) is 3.72. The van der Waals surface area contributed by atoms with Gasteiger partial charge in [-0.1, -0.05) is 6.08 Å². The van der Waals surface area contributed by atoms with Gasteiger partial charge in [0.1, 0.15) is 10.6 Å². The molecule has 2 rings (SSSR count). The maximum atomic E-state index is 13.8. The topological polar surface area (TPSA) is 111 Å². The Labute approximate surface area is 121 Å². The number of sulfonamides is 1. The van der Waals surface area contributed by atoms with Crippen LogP contribution in [0.5, 0.6) is 0 Å². The first-order valence-electron chi connectivity index (χ1n) is 6.01. The standard InChI is InChI=1S/C12H14FN3O4S/c1-12(5-8(7-17)10(14)9(13)6-12)21(19,20)16-4-2-3-15-11(16)18/h2,4-6,14,17H,3,7H2,1H3,(H,15,18). The van der Waals surface area contributed by atoms with E-state index in [9.17, 15) is 17.6 Å². The van der Waals surface area contributed by atoms with Gasteiger partial charge in [-0.15, -0.1) is 0 Å². The molecule has 2 aliphatic rings. The van der Waals surface area contributed by atoms with Crippen molar-refractivity contribution in [2.45, 2.75) is 11.7 Å². The first-order chi connectivity index (χ1) is 9.73. The van der Waals surface area contributed by atoms with Gasteiger partial charge in [0.25, 0.3) is 10.0 Å². The minimum absolute atomic E-state index is 0.150. The third kappa shape index (κ3) is 2.38. The van der Waals surface area contributed by atoms with Crippen molar-refractivity contribution in [2.75, 3.05) is 13.2 Å². The number of nitrogens with one attached hydrogen (secondary N) is 2. The summed E-state index contributed by atoms with van der Waals surface area (Å²) in [6.07, 6.45) is 4.35. The maximum Gasteiger partial charge on any atom is 0.335 e. The molecule has 0 aromatic carbocycles. The van der Waals surface area contributed by atoms with Crippen LogP contribution in [0, 0.1) is 5.41 Å². The molecular formula is C12H14FN3O4S. The minimum Gasteiger partial charge on any atom is -0.392 e. The van der Waals surface area contributed by atoms with E-state index in [2.05, 4.69) is 5.32 Å². The number of hydrogen-bond donors (Lipinski definition) is 3. The van der Waals surface area contributed by atoms with E-state index in [0.717, 1.165) is 18.4 Å². The van der Waals surface area contributed by atoms with E-state index in [0.29, 0.717) is 4.31 Å². The van der Waals surface area contributed by atoms with Crippen LogP contribution >= 0.6 is 0 Å². The molecule has 0 aromatic heterocycles. The van der Waals surface area contributed by atoms with Gasteiger partial charge in [0, 0.05) is 18.3 Å². The van der Waals surface area contributed by atoms with Gasteiger partial charge >= 0.3 is 6.03 Å². The smallest absolute Gasteiger partial charge is 0.335 e. The fourth-order valence-electron chi connectivity index (χ4n) is 2.05. The van der Waals surface area contributed by atoms with Crippen molar-refractivity contribution in [3.8, 4) is 0 Å². The van der Waals surface area contributed by atoms with Gasteiger partial charge in [-0.2, -0.15) is 4.31 Å². The molecule has 0 bridgehead atoms. The van der Waals surface area contributed by atoms with Gasteiger partial charge in [-0.25, -0.2) is 17.6 Å². The molecule has 9 heteroatoms. The molecular weight excluding hydrogens is 301 g/mol. The summed E-state index contributed by atoms with van der Waals surface area (Å²) in [5, 5.41) is 18.9. The largest absolute Gasteiger partial charge is 0.392 e. The number of rotatable bonds is 3. The zero-order valence-corrected chi connectivity index (χ0v) is 11.9. The number of hydrogen-bond acceptors (Lipinski definition) is 5. The van der Waals surface area contributed by atoms with E-state index in [-0.39, 0.29) is 12.1 Å². The summed E-state index contributed by atoms with van der Waals surface area (Å²) in [7, 11) is -4.30. The lowest BCUT2D eigenvalue weighted by Gasteiger charge is -2.33. The molecule has 7 nitrogen and oxygen atoms in total. The predicted octanol–water partition coefficient (Wildman–Crippen LogP) is 0.419. The molecule has 0 fully saturated rings. The monoisotopic (exact) mass is 315 g/mol. The zero-order chi connectivity index (χ0) is 15.8. The first-order valence-corrected chi connectivity index (χ1v) is 7.45. The summed E-state index contributed by atoms with van der Waals surface area (Å²) in [6.45, 7) is 0.723. The van der Waals surface area contributed by atoms with Crippen LogP contribution in [0.25, 0.3) is 0 Å². The number of aliphatic hydroxyl groups is 1. The van der Waals surface area contributed by atoms with Crippen LogP contribution in [0.1, 0.15) is 6.92 Å². The van der Waals surface area contributed by atoms with Gasteiger partial charge in [-0.3, -0.25) is 5.41 Å². The molecule has 0 saturated carbocycles. The second-order valence-electron chi connectivity index (χ2n) is 4.75. The third-order valence-corrected chi connectivity index (χ3v) is 5.38. The summed E-state index contributed by atoms with van der Waals surface area (Å²) in [6, 6.07) is -0.841. The molecule has 1 aliphatic carbocycles. The Bertz CT molecular complexity index is 695. The quantitative estimate of drug-likeness (QED) is 0.701. The van der Waals surface area contributed by atoms with Crippen LogP contribution in [0.4, 0.5) is 9.18 Å². The van der Waals surface area contributed by atoms with Crippen LogP contribution in [-0.2, 0) is 10.0 Å². The predicted molar refractivity (Wildman–Crippen MR) is 73.8 cm³/mol. The lowest BCUT2D eigenvalue weighted by molar-refractivity contribution is 0.230. The molecule has 1 unspecified atom stereocenters. The Balaban J connectivity index is 2.55. The average molecular weight is 315 g/mol. The number of urea groups is 1. The molecule has 114 valence electrons. The van der Waals surface area contributed by atoms with Crippen LogP contribution < -0.4 is 5.32 Å². The number of allylic oxidation sites excluding steroid dienone is 1. The van der Waals surface area contributed by atoms with E-state index in [1.54, 1.807) is 0 Å². The van der Waals surface area contributed by atoms with Crippen molar-refractivity contribution in [1.29, 1.82) is 5.41 Å². The average Bonchev–Trinajstić information content (AvgIpc) is 2.43. The number of halogens is 1. The lowest BCUT2D eigenvalue weighted by atomic mass is 9.96. The van der Waals surface area contributed by atoms with Crippen LogP contribution in [0.15, 0.2) is 35.8 Å². The second-order valence-corrected chi connectivity index (χ2v) is 6.97. The van der Waals surface area contributed by atoms with E-state index in [1.807, 2.05) is 0 Å². The molecule has 1 atom stereocenters. The molecule has 3 N–H and O–H groups in total. The molecule has 0 spiro atoms. The molecule has 21 heavy (non-hydrogen) atoms. The molecule has 1 heterocycles. The summed E-state index contributed by atoms with van der Waals surface area (Å²) in [5.74, 6) is -1.06. The SMILES string of the molecule is CC1(S(=O)(=O)N2C=CCNC2=O)C=C(F)C(=N)C(CO)=C1. The van der Waals surface area contributed by atoms with Crippen molar-refractivity contribution >= 4 is 21.8 Å². The molecule has 2 amide bonds. The first kappa shape index (κ1) is 15.4. The van der Waals surface area contributed by atoms with Crippen molar-refractivity contribution in [2.24, 2.45) is 0 Å². The fourth-order valence-corrected chi connectivity index (χ4v) is 3.55. The number of aliphatic hydroxyl groups excluding tert-OH is 1. The van der Waals surface area contributed by atoms with Gasteiger partial charge in [0.2, 0.25) is 0 Å². The lowest BCUT2D eigenvalue weighted by Crippen LogP contribution is -2.51. The van der Waals surface area contributed by atoms with Crippen molar-refractivity contribution in [1.82, 2.24) is 9.62 Å². The van der Waals surface area contributed by atoms with E-state index < -0.39 is 38.9 Å². The zero-order valence-electron chi connectivity index (χ0n) is 11.1. The minimum atomic E-state index is -4.30. The number of carbonyl (C=O) groups is 1. The van der Waals surface area contributed by atoms with E-state index in [4.69, 9.17) is 10.5 Å². The third-order valence-electron chi connectivity index (χ3n) is 3.23. The Morgan fingerprint density at radius 1 is 1.52 bits per heavy atom. The van der Waals surface area contributed by atoms with Crippen molar-refractivity contribution in [3.05, 3.63) is 35.8 Å². The number of amides is 2. The number of nitrogens with zero attached hydrogens (tertiary/aromatic N) is 1. The summed E-state index contributed by atoms with van der Waals surface area (Å²) < 4.78 is 37.6. The van der Waals surface area contributed by atoms with Crippen molar-refractivity contribution < 1.29 is 22.7 Å². The fraction of sp³-hybridized carbons (Fsp3) is 0.333. The summed E-state index contributed by atoms with van der Waals surface area (Å²) in [4.78, 5) is 11.7. The highest BCUT2D eigenvalue weighted by Gasteiger charge is 2.45. The molecule has 1 aliphatic heterocycles. The Hall–Kier alpha value is -2.00. The highest BCUT2D eigenvalue weighted by molar-refractivity contribution is 7.91. The molecule has 0 saturated heterocycles. The molecule has 0 aromatic rings. The second kappa shape index (κ2) is 5.08. The number of carbonyl (C=O) groups excluding carboxylic acids is 1. The van der Waals surface area contributed by atoms with E-state index in [1.165, 1.54) is 13.0 Å². The maximum absolute atomic E-state index is 13.8. The van der Waals surface area contributed by atoms with E-state index >= 15 is 0 Å². The van der Waals surface area contributed by atoms with Gasteiger partial charge in [0.15, 0.2) is 0 Å². The molecule has 0 radical (unpaired) electrons. The highest BCUT2D eigenvalue weighted by Crippen LogP contribution is 2.33. The highest BCUT2D eigenvalue weighted by atomic mass is 32.2. The Morgan fingerprint density at radius 2 is 2.19 bits per heavy atom. The Morgan fingerprint density at radius 3 is 2.76 bits per heavy atom. The van der Waals surface area contributed by atoms with Gasteiger partial charge < -0.3 is 10.4 Å². The van der Waals surface area contributed by atoms with Crippen LogP contribution in [0.3, 0.4) is 0 Å². The normalized spacial score (nSPS) is 26.3. The summed E-state index contributed by atoms with van der Waals surface area (Å²) >= 11 is 0. The van der Waals surface area contributed by atoms with Gasteiger partial charge in [0.05, 0.1) is 12.3 Å². The van der Waals surface area contributed by atoms with Crippen LogP contribution in [0.2, 0.25) is 0 Å².